The van der Waals surface area contributed by atoms with E-state index in [4.69, 9.17) is 0 Å². The summed E-state index contributed by atoms with van der Waals surface area (Å²) in [6, 6.07) is 6.15. The van der Waals surface area contributed by atoms with Crippen LogP contribution in [0.1, 0.15) is 12.5 Å². The monoisotopic (exact) mass is 189 g/mol. The molecule has 0 spiro atoms. The lowest BCUT2D eigenvalue weighted by Gasteiger charge is -2.05. The molecule has 2 aromatic rings. The lowest BCUT2D eigenvalue weighted by molar-refractivity contribution is 0.763. The molecule has 0 aromatic carbocycles. The molecule has 0 atom stereocenters. The van der Waals surface area contributed by atoms with Crippen LogP contribution in [0.2, 0.25) is 0 Å². The minimum atomic E-state index is 0.863. The predicted molar refractivity (Wildman–Crippen MR) is 57.6 cm³/mol. The smallest absolute Gasteiger partial charge is 0.0579 e. The van der Waals surface area contributed by atoms with Gasteiger partial charge < -0.3 is 9.99 Å². The maximum atomic E-state index is 3.28. The van der Waals surface area contributed by atoms with Gasteiger partial charge in [0.1, 0.15) is 0 Å². The first-order valence-electron chi connectivity index (χ1n) is 4.90. The Labute approximate surface area is 83.9 Å². The first-order valence-corrected chi connectivity index (χ1v) is 4.90. The minimum Gasteiger partial charge on any atom is -0.354 e. The second-order valence-corrected chi connectivity index (χ2v) is 3.28. The van der Waals surface area contributed by atoms with E-state index in [2.05, 4.69) is 35.4 Å². The summed E-state index contributed by atoms with van der Waals surface area (Å²) in [7, 11) is 0. The van der Waals surface area contributed by atoms with Crippen molar-refractivity contribution in [3.8, 4) is 0 Å². The highest BCUT2D eigenvalue weighted by molar-refractivity contribution is 5.12. The second kappa shape index (κ2) is 4.05. The fourth-order valence-electron chi connectivity index (χ4n) is 1.41. The predicted octanol–water partition coefficient (Wildman–Crippen LogP) is 2.05. The molecule has 2 rings (SSSR count). The van der Waals surface area contributed by atoms with Crippen molar-refractivity contribution >= 4 is 0 Å². The lowest BCUT2D eigenvalue weighted by atomic mass is 10.3. The molecule has 0 bridgehead atoms. The number of hydrogen-bond acceptors (Lipinski definition) is 1. The first-order chi connectivity index (χ1) is 6.88. The highest BCUT2D eigenvalue weighted by Gasteiger charge is 1.94. The topological polar surface area (TPSA) is 21.9 Å². The molecule has 74 valence electrons. The van der Waals surface area contributed by atoms with Crippen molar-refractivity contribution in [1.29, 1.82) is 0 Å². The van der Waals surface area contributed by atoms with Crippen LogP contribution in [0.15, 0.2) is 43.0 Å². The Bertz CT molecular complexity index is 373. The lowest BCUT2D eigenvalue weighted by Crippen LogP contribution is -2.11. The molecule has 0 radical (unpaired) electrons. The molecule has 0 aliphatic heterocycles. The third-order valence-electron chi connectivity index (χ3n) is 2.25. The van der Waals surface area contributed by atoms with Gasteiger partial charge in [-0.3, -0.25) is 4.68 Å². The molecule has 0 saturated carbocycles. The maximum Gasteiger partial charge on any atom is 0.0579 e. The molecule has 0 amide bonds. The van der Waals surface area contributed by atoms with E-state index in [1.807, 2.05) is 29.2 Å². The van der Waals surface area contributed by atoms with Crippen LogP contribution in [0, 0.1) is 0 Å². The van der Waals surface area contributed by atoms with Gasteiger partial charge in [-0.05, 0) is 30.7 Å². The molecule has 2 aromatic heterocycles. The normalized spacial score (nSPS) is 10.4. The van der Waals surface area contributed by atoms with Crippen molar-refractivity contribution < 1.29 is 0 Å². The zero-order chi connectivity index (χ0) is 9.80. The fourth-order valence-corrected chi connectivity index (χ4v) is 1.41. The third-order valence-corrected chi connectivity index (χ3v) is 2.25. The largest absolute Gasteiger partial charge is 0.354 e. The molecule has 3 nitrogen and oxygen atoms in total. The molecular weight excluding hydrogens is 174 g/mol. The Balaban J connectivity index is 1.92. The molecule has 0 saturated heterocycles. The van der Waals surface area contributed by atoms with E-state index in [9.17, 15) is 0 Å². The van der Waals surface area contributed by atoms with Crippen molar-refractivity contribution in [3.63, 3.8) is 0 Å². The summed E-state index contributed by atoms with van der Waals surface area (Å²) in [5, 5.41) is 0. The van der Waals surface area contributed by atoms with Crippen LogP contribution < -0.4 is 5.43 Å². The van der Waals surface area contributed by atoms with Crippen LogP contribution >= 0.6 is 0 Å². The van der Waals surface area contributed by atoms with Crippen LogP contribution in [-0.4, -0.2) is 9.24 Å². The summed E-state index contributed by atoms with van der Waals surface area (Å²) in [6.07, 6.45) is 8.26. The Morgan fingerprint density at radius 2 is 2.00 bits per heavy atom. The van der Waals surface area contributed by atoms with E-state index in [0.29, 0.717) is 0 Å². The van der Waals surface area contributed by atoms with E-state index in [1.54, 1.807) is 0 Å². The first kappa shape index (κ1) is 8.94. The molecular formula is C11H15N3. The van der Waals surface area contributed by atoms with Gasteiger partial charge in [0.15, 0.2) is 0 Å². The van der Waals surface area contributed by atoms with Crippen molar-refractivity contribution in [2.75, 3.05) is 5.43 Å². The van der Waals surface area contributed by atoms with Crippen molar-refractivity contribution in [3.05, 3.63) is 48.5 Å². The summed E-state index contributed by atoms with van der Waals surface area (Å²) in [4.78, 5) is 0. The van der Waals surface area contributed by atoms with E-state index >= 15 is 0 Å². The van der Waals surface area contributed by atoms with Crippen molar-refractivity contribution in [2.45, 2.75) is 20.0 Å². The van der Waals surface area contributed by atoms with Crippen molar-refractivity contribution in [1.82, 2.24) is 9.24 Å². The maximum absolute atomic E-state index is 3.28. The summed E-state index contributed by atoms with van der Waals surface area (Å²) in [6.45, 7) is 4.04. The van der Waals surface area contributed by atoms with E-state index in [0.717, 1.165) is 13.1 Å². The number of rotatable bonds is 4. The van der Waals surface area contributed by atoms with Crippen LogP contribution in [0.5, 0.6) is 0 Å². The average Bonchev–Trinajstić information content (AvgIpc) is 2.86. The zero-order valence-corrected chi connectivity index (χ0v) is 8.35. The van der Waals surface area contributed by atoms with E-state index in [-0.39, 0.29) is 0 Å². The number of hydrogen-bond donors (Lipinski definition) is 1. The van der Waals surface area contributed by atoms with Gasteiger partial charge in [0.2, 0.25) is 0 Å². The zero-order valence-electron chi connectivity index (χ0n) is 8.35. The van der Waals surface area contributed by atoms with E-state index in [1.165, 1.54) is 5.56 Å². The Hall–Kier alpha value is -1.64. The van der Waals surface area contributed by atoms with Crippen molar-refractivity contribution in [2.24, 2.45) is 0 Å². The fraction of sp³-hybridized carbons (Fsp3) is 0.273. The molecule has 0 fully saturated rings. The van der Waals surface area contributed by atoms with Crippen LogP contribution in [0.3, 0.4) is 0 Å². The molecule has 0 unspecified atom stereocenters. The van der Waals surface area contributed by atoms with Gasteiger partial charge in [0.05, 0.1) is 6.54 Å². The number of aryl methyl sites for hydroxylation is 1. The van der Waals surface area contributed by atoms with Gasteiger partial charge in [-0.25, -0.2) is 0 Å². The Morgan fingerprint density at radius 3 is 2.64 bits per heavy atom. The number of nitrogens with zero attached hydrogens (tertiary/aromatic N) is 2. The molecule has 0 aliphatic carbocycles. The van der Waals surface area contributed by atoms with E-state index < -0.39 is 0 Å². The average molecular weight is 189 g/mol. The summed E-state index contributed by atoms with van der Waals surface area (Å²) in [5.74, 6) is 0. The highest BCUT2D eigenvalue weighted by atomic mass is 15.4. The van der Waals surface area contributed by atoms with Gasteiger partial charge in [0, 0.05) is 31.3 Å². The van der Waals surface area contributed by atoms with Gasteiger partial charge in [-0.15, -0.1) is 0 Å². The van der Waals surface area contributed by atoms with Gasteiger partial charge in [-0.1, -0.05) is 0 Å². The Morgan fingerprint density at radius 1 is 1.21 bits per heavy atom. The van der Waals surface area contributed by atoms with Crippen LogP contribution in [0.4, 0.5) is 0 Å². The van der Waals surface area contributed by atoms with Crippen LogP contribution in [0.25, 0.3) is 0 Å². The third kappa shape index (κ3) is 1.99. The molecule has 3 heteroatoms. The van der Waals surface area contributed by atoms with Gasteiger partial charge >= 0.3 is 0 Å². The summed E-state index contributed by atoms with van der Waals surface area (Å²) in [5.41, 5.74) is 4.59. The molecule has 1 N–H and O–H groups in total. The van der Waals surface area contributed by atoms with Gasteiger partial charge in [0.25, 0.3) is 0 Å². The molecule has 2 heterocycles. The standard InChI is InChI=1S/C11H15N3/c1-2-13-8-5-11(10-13)9-12-14-6-3-4-7-14/h3-8,10,12H,2,9H2,1H3. The Kier molecular flexibility index (Phi) is 2.58. The summed E-state index contributed by atoms with van der Waals surface area (Å²) >= 11 is 0. The van der Waals surface area contributed by atoms with Gasteiger partial charge in [-0.2, -0.15) is 0 Å². The second-order valence-electron chi connectivity index (χ2n) is 3.28. The summed E-state index contributed by atoms with van der Waals surface area (Å²) < 4.78 is 4.13. The number of nitrogens with one attached hydrogen (secondary N) is 1. The van der Waals surface area contributed by atoms with Crippen LogP contribution in [-0.2, 0) is 13.1 Å². The quantitative estimate of drug-likeness (QED) is 0.781. The number of aromatic nitrogens is 2. The minimum absolute atomic E-state index is 0.863. The molecule has 0 aliphatic rings. The SMILES string of the molecule is CCn1ccc(CNn2cccc2)c1. The molecule has 14 heavy (non-hydrogen) atoms. The highest BCUT2D eigenvalue weighted by Crippen LogP contribution is 2.01.